The molecule has 1 aromatic rings. The first kappa shape index (κ1) is 14.2. The maximum atomic E-state index is 6.26. The van der Waals surface area contributed by atoms with Crippen LogP contribution < -0.4 is 5.32 Å². The fourth-order valence-electron chi connectivity index (χ4n) is 2.88. The number of rotatable bonds is 3. The highest BCUT2D eigenvalue weighted by Crippen LogP contribution is 2.38. The van der Waals surface area contributed by atoms with Gasteiger partial charge >= 0.3 is 0 Å². The van der Waals surface area contributed by atoms with Crippen molar-refractivity contribution in [2.24, 2.45) is 5.41 Å². The molecule has 0 radical (unpaired) electrons. The molecule has 100 valence electrons. The van der Waals surface area contributed by atoms with Gasteiger partial charge in [0.1, 0.15) is 0 Å². The summed E-state index contributed by atoms with van der Waals surface area (Å²) in [5.41, 5.74) is 1.51. The Kier molecular flexibility index (Phi) is 4.25. The zero-order chi connectivity index (χ0) is 13.3. The monoisotopic (exact) mass is 285 g/mol. The van der Waals surface area contributed by atoms with Crippen LogP contribution in [0.1, 0.15) is 51.6 Å². The van der Waals surface area contributed by atoms with Crippen molar-refractivity contribution in [1.29, 1.82) is 0 Å². The van der Waals surface area contributed by atoms with Crippen LogP contribution in [0.25, 0.3) is 0 Å². The number of benzene rings is 1. The van der Waals surface area contributed by atoms with Gasteiger partial charge < -0.3 is 5.32 Å². The van der Waals surface area contributed by atoms with Crippen molar-refractivity contribution in [1.82, 2.24) is 5.32 Å². The molecule has 2 atom stereocenters. The molecule has 0 spiro atoms. The molecule has 1 N–H and O–H groups in total. The van der Waals surface area contributed by atoms with Crippen molar-refractivity contribution >= 4 is 23.2 Å². The van der Waals surface area contributed by atoms with Gasteiger partial charge in [-0.25, -0.2) is 0 Å². The summed E-state index contributed by atoms with van der Waals surface area (Å²) in [6.07, 6.45) is 3.86. The Morgan fingerprint density at radius 3 is 2.61 bits per heavy atom. The van der Waals surface area contributed by atoms with Crippen LogP contribution in [0.2, 0.25) is 10.0 Å². The van der Waals surface area contributed by atoms with E-state index in [-0.39, 0.29) is 6.04 Å². The van der Waals surface area contributed by atoms with E-state index in [2.05, 4.69) is 26.1 Å². The van der Waals surface area contributed by atoms with Crippen LogP contribution in [0.5, 0.6) is 0 Å². The van der Waals surface area contributed by atoms with E-state index in [0.29, 0.717) is 16.5 Å². The van der Waals surface area contributed by atoms with Crippen molar-refractivity contribution in [2.75, 3.05) is 0 Å². The maximum absolute atomic E-state index is 6.26. The molecule has 0 aliphatic heterocycles. The molecule has 0 amide bonds. The molecule has 18 heavy (non-hydrogen) atoms. The van der Waals surface area contributed by atoms with E-state index in [4.69, 9.17) is 23.2 Å². The van der Waals surface area contributed by atoms with Crippen molar-refractivity contribution in [3.05, 3.63) is 33.8 Å². The van der Waals surface area contributed by atoms with E-state index in [0.717, 1.165) is 10.6 Å². The minimum Gasteiger partial charge on any atom is -0.307 e. The van der Waals surface area contributed by atoms with Gasteiger partial charge in [0.15, 0.2) is 0 Å². The quantitative estimate of drug-likeness (QED) is 0.803. The normalized spacial score (nSPS) is 24.2. The molecule has 3 heteroatoms. The molecule has 2 unspecified atom stereocenters. The van der Waals surface area contributed by atoms with E-state index in [1.165, 1.54) is 19.3 Å². The smallest absolute Gasteiger partial charge is 0.0468 e. The SMILES string of the molecule is CC(NC1CCCC1(C)C)c1ccc(Cl)cc1Cl. The minimum absolute atomic E-state index is 0.261. The third kappa shape index (κ3) is 3.01. The molecular weight excluding hydrogens is 265 g/mol. The van der Waals surface area contributed by atoms with E-state index >= 15 is 0 Å². The van der Waals surface area contributed by atoms with Crippen LogP contribution in [0.4, 0.5) is 0 Å². The van der Waals surface area contributed by atoms with Gasteiger partial charge in [0, 0.05) is 22.1 Å². The molecule has 1 aromatic carbocycles. The molecule has 1 fully saturated rings. The highest BCUT2D eigenvalue weighted by atomic mass is 35.5. The van der Waals surface area contributed by atoms with E-state index in [9.17, 15) is 0 Å². The average Bonchev–Trinajstić information content (AvgIpc) is 2.58. The predicted octanol–water partition coefficient (Wildman–Crippen LogP) is 5.22. The second-order valence-corrected chi connectivity index (χ2v) is 6.83. The molecule has 0 aromatic heterocycles. The Morgan fingerprint density at radius 1 is 1.33 bits per heavy atom. The molecule has 1 saturated carbocycles. The van der Waals surface area contributed by atoms with Gasteiger partial charge in [-0.1, -0.05) is 49.5 Å². The van der Waals surface area contributed by atoms with Gasteiger partial charge in [-0.3, -0.25) is 0 Å². The highest BCUT2D eigenvalue weighted by Gasteiger charge is 2.35. The molecule has 0 bridgehead atoms. The van der Waals surface area contributed by atoms with E-state index < -0.39 is 0 Å². The van der Waals surface area contributed by atoms with Gasteiger partial charge in [0.2, 0.25) is 0 Å². The largest absolute Gasteiger partial charge is 0.307 e. The van der Waals surface area contributed by atoms with Gasteiger partial charge in [-0.05, 0) is 42.9 Å². The van der Waals surface area contributed by atoms with Crippen LogP contribution in [0.3, 0.4) is 0 Å². The molecular formula is C15H21Cl2N. The zero-order valence-electron chi connectivity index (χ0n) is 11.3. The second kappa shape index (κ2) is 5.40. The Hall–Kier alpha value is -0.240. The first-order chi connectivity index (χ1) is 8.40. The summed E-state index contributed by atoms with van der Waals surface area (Å²) >= 11 is 12.2. The Morgan fingerprint density at radius 2 is 2.06 bits per heavy atom. The summed E-state index contributed by atoms with van der Waals surface area (Å²) in [4.78, 5) is 0. The predicted molar refractivity (Wildman–Crippen MR) is 79.4 cm³/mol. The molecule has 1 aliphatic rings. The van der Waals surface area contributed by atoms with Gasteiger partial charge in [0.25, 0.3) is 0 Å². The zero-order valence-corrected chi connectivity index (χ0v) is 12.8. The minimum atomic E-state index is 0.261. The standard InChI is InChI=1S/C15H21Cl2N/c1-10(12-7-6-11(16)9-13(12)17)18-14-5-4-8-15(14,2)3/h6-7,9-10,14,18H,4-5,8H2,1-3H3. The van der Waals surface area contributed by atoms with Crippen LogP contribution in [0, 0.1) is 5.41 Å². The fourth-order valence-corrected chi connectivity index (χ4v) is 3.45. The Labute approximate surface area is 120 Å². The van der Waals surface area contributed by atoms with Gasteiger partial charge in [-0.15, -0.1) is 0 Å². The molecule has 1 aliphatic carbocycles. The number of halogens is 2. The van der Waals surface area contributed by atoms with Crippen molar-refractivity contribution < 1.29 is 0 Å². The summed E-state index contributed by atoms with van der Waals surface area (Å²) in [6.45, 7) is 6.85. The van der Waals surface area contributed by atoms with Crippen molar-refractivity contribution in [3.63, 3.8) is 0 Å². The third-order valence-corrected chi connectivity index (χ3v) is 4.70. The average molecular weight is 286 g/mol. The lowest BCUT2D eigenvalue weighted by Crippen LogP contribution is -2.39. The van der Waals surface area contributed by atoms with E-state index in [1.54, 1.807) is 0 Å². The lowest BCUT2D eigenvalue weighted by Gasteiger charge is -2.31. The second-order valence-electron chi connectivity index (χ2n) is 5.99. The van der Waals surface area contributed by atoms with Crippen molar-refractivity contribution in [3.8, 4) is 0 Å². The molecule has 0 saturated heterocycles. The fraction of sp³-hybridized carbons (Fsp3) is 0.600. The Bertz CT molecular complexity index is 429. The summed E-state index contributed by atoms with van der Waals surface area (Å²) in [6, 6.07) is 6.57. The lowest BCUT2D eigenvalue weighted by molar-refractivity contribution is 0.266. The van der Waals surface area contributed by atoms with Crippen LogP contribution >= 0.6 is 23.2 Å². The van der Waals surface area contributed by atoms with E-state index in [1.807, 2.05) is 18.2 Å². The van der Waals surface area contributed by atoms with Gasteiger partial charge in [-0.2, -0.15) is 0 Å². The van der Waals surface area contributed by atoms with Crippen LogP contribution in [-0.2, 0) is 0 Å². The topological polar surface area (TPSA) is 12.0 Å². The van der Waals surface area contributed by atoms with Crippen LogP contribution in [0.15, 0.2) is 18.2 Å². The summed E-state index contributed by atoms with van der Waals surface area (Å²) in [5, 5.41) is 5.16. The first-order valence-corrected chi connectivity index (χ1v) is 7.37. The number of hydrogen-bond donors (Lipinski definition) is 1. The first-order valence-electron chi connectivity index (χ1n) is 6.61. The third-order valence-electron chi connectivity index (χ3n) is 4.14. The van der Waals surface area contributed by atoms with Crippen molar-refractivity contribution in [2.45, 2.75) is 52.1 Å². The van der Waals surface area contributed by atoms with Gasteiger partial charge in [0.05, 0.1) is 0 Å². The summed E-state index contributed by atoms with van der Waals surface area (Å²) in [7, 11) is 0. The molecule has 1 nitrogen and oxygen atoms in total. The maximum Gasteiger partial charge on any atom is 0.0468 e. The Balaban J connectivity index is 2.10. The highest BCUT2D eigenvalue weighted by molar-refractivity contribution is 6.35. The molecule has 0 heterocycles. The summed E-state index contributed by atoms with van der Waals surface area (Å²) in [5.74, 6) is 0. The number of hydrogen-bond acceptors (Lipinski definition) is 1. The number of nitrogens with one attached hydrogen (secondary N) is 1. The lowest BCUT2D eigenvalue weighted by atomic mass is 9.86. The van der Waals surface area contributed by atoms with Crippen LogP contribution in [-0.4, -0.2) is 6.04 Å². The molecule has 2 rings (SSSR count). The summed E-state index contributed by atoms with van der Waals surface area (Å²) < 4.78 is 0.